The number of rotatable bonds is 4. The molecule has 0 radical (unpaired) electrons. The van der Waals surface area contributed by atoms with Gasteiger partial charge in [-0.2, -0.15) is 0 Å². The summed E-state index contributed by atoms with van der Waals surface area (Å²) in [6, 6.07) is 7.89. The Balaban J connectivity index is 2.24. The fourth-order valence-corrected chi connectivity index (χ4v) is 3.01. The molecule has 1 aromatic carbocycles. The summed E-state index contributed by atoms with van der Waals surface area (Å²) in [6.45, 7) is 2.68. The summed E-state index contributed by atoms with van der Waals surface area (Å²) in [5.41, 5.74) is 7.95. The summed E-state index contributed by atoms with van der Waals surface area (Å²) >= 11 is 7.83. The van der Waals surface area contributed by atoms with Crippen LogP contribution in [-0.4, -0.2) is 4.98 Å². The predicted molar refractivity (Wildman–Crippen MR) is 73.6 cm³/mol. The zero-order valence-corrected chi connectivity index (χ0v) is 11.3. The third-order valence-electron chi connectivity index (χ3n) is 2.64. The molecule has 0 amide bonds. The molecule has 0 fully saturated rings. The first kappa shape index (κ1) is 12.6. The van der Waals surface area contributed by atoms with E-state index in [1.807, 2.05) is 24.3 Å². The number of thiazole rings is 1. The number of nitrogens with two attached hydrogens (primary N) is 1. The van der Waals surface area contributed by atoms with Crippen molar-refractivity contribution in [1.82, 2.24) is 4.98 Å². The number of hydrogen-bond acceptors (Lipinski definition) is 3. The third-order valence-corrected chi connectivity index (χ3v) is 4.13. The molecule has 1 heterocycles. The lowest BCUT2D eigenvalue weighted by atomic mass is 10.1. The van der Waals surface area contributed by atoms with E-state index in [1.54, 1.807) is 11.3 Å². The van der Waals surface area contributed by atoms with E-state index >= 15 is 0 Å². The minimum atomic E-state index is 0.573. The van der Waals surface area contributed by atoms with Crippen LogP contribution in [0.5, 0.6) is 0 Å². The van der Waals surface area contributed by atoms with E-state index in [4.69, 9.17) is 17.3 Å². The maximum atomic E-state index is 6.14. The van der Waals surface area contributed by atoms with Crippen molar-refractivity contribution in [1.29, 1.82) is 0 Å². The van der Waals surface area contributed by atoms with Crippen LogP contribution >= 0.6 is 22.9 Å². The van der Waals surface area contributed by atoms with Crippen LogP contribution in [0.3, 0.4) is 0 Å². The summed E-state index contributed by atoms with van der Waals surface area (Å²) < 4.78 is 0. The zero-order chi connectivity index (χ0) is 12.3. The Hall–Kier alpha value is -0.900. The van der Waals surface area contributed by atoms with E-state index in [2.05, 4.69) is 11.9 Å². The molecular formula is C13H15ClN2S. The molecule has 2 rings (SSSR count). The normalized spacial score (nSPS) is 10.8. The van der Waals surface area contributed by atoms with Crippen LogP contribution in [0.2, 0.25) is 5.02 Å². The Labute approximate surface area is 110 Å². The van der Waals surface area contributed by atoms with E-state index in [0.29, 0.717) is 6.54 Å². The van der Waals surface area contributed by atoms with Crippen molar-refractivity contribution in [3.05, 3.63) is 50.4 Å². The number of aromatic nitrogens is 1. The summed E-state index contributed by atoms with van der Waals surface area (Å²) in [5, 5.41) is 1.89. The standard InChI is InChI=1S/C13H15ClN2S/c1-2-11-12(8-15)17-13(16-11)7-9-5-3-4-6-10(9)14/h3-6H,2,7-8,15H2,1H3. The van der Waals surface area contributed by atoms with Gasteiger partial charge >= 0.3 is 0 Å². The van der Waals surface area contributed by atoms with E-state index in [0.717, 1.165) is 34.1 Å². The Bertz CT molecular complexity index is 486. The smallest absolute Gasteiger partial charge is 0.0975 e. The van der Waals surface area contributed by atoms with Crippen LogP contribution in [0, 0.1) is 0 Å². The summed E-state index contributed by atoms with van der Waals surface area (Å²) in [4.78, 5) is 5.81. The largest absolute Gasteiger partial charge is 0.326 e. The Morgan fingerprint density at radius 2 is 2.12 bits per heavy atom. The highest BCUT2D eigenvalue weighted by atomic mass is 35.5. The number of hydrogen-bond donors (Lipinski definition) is 1. The van der Waals surface area contributed by atoms with Crippen molar-refractivity contribution in [2.45, 2.75) is 26.3 Å². The lowest BCUT2D eigenvalue weighted by Gasteiger charge is -2.00. The molecule has 90 valence electrons. The first-order valence-electron chi connectivity index (χ1n) is 5.65. The van der Waals surface area contributed by atoms with Crippen LogP contribution in [0.25, 0.3) is 0 Å². The van der Waals surface area contributed by atoms with Crippen molar-refractivity contribution in [2.24, 2.45) is 5.73 Å². The average molecular weight is 267 g/mol. The van der Waals surface area contributed by atoms with Crippen molar-refractivity contribution in [2.75, 3.05) is 0 Å². The number of halogens is 1. The average Bonchev–Trinajstić information content (AvgIpc) is 2.74. The van der Waals surface area contributed by atoms with Crippen LogP contribution < -0.4 is 5.73 Å². The van der Waals surface area contributed by atoms with Gasteiger partial charge in [0.15, 0.2) is 0 Å². The molecule has 0 saturated carbocycles. The second-order valence-corrected chi connectivity index (χ2v) is 5.38. The lowest BCUT2D eigenvalue weighted by Crippen LogP contribution is -1.97. The summed E-state index contributed by atoms with van der Waals surface area (Å²) in [6.07, 6.45) is 1.73. The van der Waals surface area contributed by atoms with Crippen molar-refractivity contribution >= 4 is 22.9 Å². The van der Waals surface area contributed by atoms with Crippen LogP contribution in [0.4, 0.5) is 0 Å². The molecule has 0 aliphatic carbocycles. The molecule has 2 aromatic rings. The first-order chi connectivity index (χ1) is 8.24. The van der Waals surface area contributed by atoms with Crippen molar-refractivity contribution in [3.63, 3.8) is 0 Å². The van der Waals surface area contributed by atoms with E-state index in [1.165, 1.54) is 4.88 Å². The van der Waals surface area contributed by atoms with E-state index in [-0.39, 0.29) is 0 Å². The molecule has 2 nitrogen and oxygen atoms in total. The van der Waals surface area contributed by atoms with Crippen molar-refractivity contribution in [3.8, 4) is 0 Å². The second kappa shape index (κ2) is 5.63. The van der Waals surface area contributed by atoms with Gasteiger partial charge in [0, 0.05) is 22.9 Å². The SMILES string of the molecule is CCc1nc(Cc2ccccc2Cl)sc1CN. The van der Waals surface area contributed by atoms with Crippen LogP contribution in [0.1, 0.15) is 28.1 Å². The number of aryl methyl sites for hydroxylation is 1. The van der Waals surface area contributed by atoms with Gasteiger partial charge in [-0.15, -0.1) is 11.3 Å². The molecule has 0 spiro atoms. The molecule has 0 saturated heterocycles. The van der Waals surface area contributed by atoms with Gasteiger partial charge in [-0.1, -0.05) is 36.7 Å². The monoisotopic (exact) mass is 266 g/mol. The second-order valence-electron chi connectivity index (χ2n) is 3.80. The van der Waals surface area contributed by atoms with Gasteiger partial charge in [0.1, 0.15) is 0 Å². The molecule has 0 aliphatic rings. The highest BCUT2D eigenvalue weighted by Crippen LogP contribution is 2.24. The highest BCUT2D eigenvalue weighted by molar-refractivity contribution is 7.11. The molecule has 17 heavy (non-hydrogen) atoms. The topological polar surface area (TPSA) is 38.9 Å². The molecule has 0 aliphatic heterocycles. The summed E-state index contributed by atoms with van der Waals surface area (Å²) in [5.74, 6) is 0. The molecule has 4 heteroatoms. The van der Waals surface area contributed by atoms with Gasteiger partial charge < -0.3 is 5.73 Å². The quantitative estimate of drug-likeness (QED) is 0.921. The maximum absolute atomic E-state index is 6.14. The zero-order valence-electron chi connectivity index (χ0n) is 9.74. The lowest BCUT2D eigenvalue weighted by molar-refractivity contribution is 0.969. The minimum Gasteiger partial charge on any atom is -0.326 e. The minimum absolute atomic E-state index is 0.573. The molecule has 1 aromatic heterocycles. The fraction of sp³-hybridized carbons (Fsp3) is 0.308. The number of nitrogens with zero attached hydrogens (tertiary/aromatic N) is 1. The predicted octanol–water partition coefficient (Wildman–Crippen LogP) is 3.41. The summed E-state index contributed by atoms with van der Waals surface area (Å²) in [7, 11) is 0. The Morgan fingerprint density at radius 1 is 1.35 bits per heavy atom. The van der Waals surface area contributed by atoms with Gasteiger partial charge in [0.2, 0.25) is 0 Å². The molecular weight excluding hydrogens is 252 g/mol. The van der Waals surface area contributed by atoms with Gasteiger partial charge in [0.05, 0.1) is 10.7 Å². The van der Waals surface area contributed by atoms with Crippen LogP contribution in [-0.2, 0) is 19.4 Å². The fourth-order valence-electron chi connectivity index (χ4n) is 1.75. The van der Waals surface area contributed by atoms with Gasteiger partial charge in [-0.3, -0.25) is 0 Å². The van der Waals surface area contributed by atoms with E-state index in [9.17, 15) is 0 Å². The highest BCUT2D eigenvalue weighted by Gasteiger charge is 2.10. The molecule has 0 unspecified atom stereocenters. The van der Waals surface area contributed by atoms with Gasteiger partial charge in [-0.25, -0.2) is 4.98 Å². The first-order valence-corrected chi connectivity index (χ1v) is 6.85. The Morgan fingerprint density at radius 3 is 2.71 bits per heavy atom. The number of benzene rings is 1. The molecule has 2 N–H and O–H groups in total. The van der Waals surface area contributed by atoms with Gasteiger partial charge in [-0.05, 0) is 18.1 Å². The van der Waals surface area contributed by atoms with E-state index < -0.39 is 0 Å². The molecule has 0 atom stereocenters. The van der Waals surface area contributed by atoms with Gasteiger partial charge in [0.25, 0.3) is 0 Å². The van der Waals surface area contributed by atoms with Crippen LogP contribution in [0.15, 0.2) is 24.3 Å². The maximum Gasteiger partial charge on any atom is 0.0975 e. The Kier molecular flexibility index (Phi) is 4.15. The van der Waals surface area contributed by atoms with Crippen molar-refractivity contribution < 1.29 is 0 Å². The third kappa shape index (κ3) is 2.86. The molecule has 0 bridgehead atoms.